The fourth-order valence-corrected chi connectivity index (χ4v) is 3.21. The van der Waals surface area contributed by atoms with Crippen molar-refractivity contribution in [2.75, 3.05) is 13.3 Å². The first-order valence-electron chi connectivity index (χ1n) is 8.74. The van der Waals surface area contributed by atoms with Crippen LogP contribution in [0.4, 0.5) is 0 Å². The lowest BCUT2D eigenvalue weighted by Crippen LogP contribution is -2.48. The molecule has 4 rings (SSSR count). The molecule has 0 saturated carbocycles. The second-order valence-electron chi connectivity index (χ2n) is 6.16. The van der Waals surface area contributed by atoms with Gasteiger partial charge in [-0.15, -0.1) is 0 Å². The Morgan fingerprint density at radius 3 is 2.79 bits per heavy atom. The molecular formula is C20H18N4O3S. The van der Waals surface area contributed by atoms with Gasteiger partial charge in [-0.3, -0.25) is 15.2 Å². The average molecular weight is 394 g/mol. The van der Waals surface area contributed by atoms with Gasteiger partial charge in [0.2, 0.25) is 6.79 Å². The number of benzene rings is 2. The number of pyridine rings is 1. The van der Waals surface area contributed by atoms with Crippen LogP contribution in [0.1, 0.15) is 17.3 Å². The first-order valence-corrected chi connectivity index (χ1v) is 9.15. The molecule has 0 spiro atoms. The van der Waals surface area contributed by atoms with Crippen molar-refractivity contribution in [3.63, 3.8) is 0 Å². The highest BCUT2D eigenvalue weighted by Crippen LogP contribution is 2.36. The topological polar surface area (TPSA) is 89.7 Å². The zero-order valence-corrected chi connectivity index (χ0v) is 16.0. The summed E-state index contributed by atoms with van der Waals surface area (Å²) in [5, 5.41) is 2.27. The molecule has 0 saturated heterocycles. The number of amides is 1. The number of hydrazine groups is 1. The van der Waals surface area contributed by atoms with Gasteiger partial charge in [-0.25, -0.2) is 4.98 Å². The summed E-state index contributed by atoms with van der Waals surface area (Å²) < 4.78 is 10.8. The molecule has 3 N–H and O–H groups in total. The van der Waals surface area contributed by atoms with Crippen molar-refractivity contribution >= 4 is 34.1 Å². The van der Waals surface area contributed by atoms with E-state index in [4.69, 9.17) is 32.4 Å². The molecule has 1 aliphatic rings. The highest BCUT2D eigenvalue weighted by atomic mass is 32.1. The Morgan fingerprint density at radius 2 is 2.00 bits per heavy atom. The van der Waals surface area contributed by atoms with E-state index in [0.717, 1.165) is 10.9 Å². The predicted molar refractivity (Wildman–Crippen MR) is 110 cm³/mol. The van der Waals surface area contributed by atoms with Gasteiger partial charge in [-0.2, -0.15) is 0 Å². The van der Waals surface area contributed by atoms with E-state index in [1.165, 1.54) is 5.01 Å². The third-order valence-corrected chi connectivity index (χ3v) is 4.67. The number of para-hydroxylation sites is 1. The second-order valence-corrected chi connectivity index (χ2v) is 6.58. The predicted octanol–water partition coefficient (Wildman–Crippen LogP) is 2.84. The zero-order valence-electron chi connectivity index (χ0n) is 15.1. The van der Waals surface area contributed by atoms with Crippen molar-refractivity contribution in [3.8, 4) is 22.8 Å². The van der Waals surface area contributed by atoms with Crippen LogP contribution in [0, 0.1) is 0 Å². The molecule has 0 atom stereocenters. The van der Waals surface area contributed by atoms with Crippen LogP contribution in [0.5, 0.6) is 11.5 Å². The summed E-state index contributed by atoms with van der Waals surface area (Å²) in [6.07, 6.45) is 0. The Labute approximate surface area is 167 Å². The number of nitrogens with one attached hydrogen (secondary N) is 1. The molecule has 2 aromatic carbocycles. The standard InChI is InChI=1S/C20H18N4O3S/c1-2-24(20(21)28)23-19(25)14-10-16(22-15-6-4-3-5-13(14)15)12-7-8-17-18(9-12)27-11-26-17/h3-10H,2,11H2,1H3,(H2,21,28)(H,23,25). The van der Waals surface area contributed by atoms with E-state index >= 15 is 0 Å². The van der Waals surface area contributed by atoms with E-state index in [9.17, 15) is 4.79 Å². The first kappa shape index (κ1) is 18.0. The van der Waals surface area contributed by atoms with Gasteiger partial charge in [0.25, 0.3) is 5.91 Å². The summed E-state index contributed by atoms with van der Waals surface area (Å²) in [5.74, 6) is 1.04. The van der Waals surface area contributed by atoms with Gasteiger partial charge in [-0.1, -0.05) is 18.2 Å². The molecule has 0 radical (unpaired) electrons. The number of carbonyl (C=O) groups is 1. The number of ether oxygens (including phenoxy) is 2. The molecule has 3 aromatic rings. The molecule has 0 bridgehead atoms. The van der Waals surface area contributed by atoms with E-state index in [-0.39, 0.29) is 17.8 Å². The van der Waals surface area contributed by atoms with Gasteiger partial charge in [-0.05, 0) is 49.5 Å². The highest BCUT2D eigenvalue weighted by Gasteiger charge is 2.18. The zero-order chi connectivity index (χ0) is 19.7. The van der Waals surface area contributed by atoms with E-state index in [2.05, 4.69) is 5.43 Å². The van der Waals surface area contributed by atoms with Crippen LogP contribution in [0.25, 0.3) is 22.2 Å². The van der Waals surface area contributed by atoms with Gasteiger partial charge in [0.15, 0.2) is 16.6 Å². The molecule has 1 aromatic heterocycles. The fraction of sp³-hybridized carbons (Fsp3) is 0.150. The maximum Gasteiger partial charge on any atom is 0.270 e. The number of aromatic nitrogens is 1. The molecule has 2 heterocycles. The van der Waals surface area contributed by atoms with Gasteiger partial charge in [0.1, 0.15) is 0 Å². The van der Waals surface area contributed by atoms with Crippen molar-refractivity contribution in [1.29, 1.82) is 0 Å². The summed E-state index contributed by atoms with van der Waals surface area (Å²) in [5.41, 5.74) is 11.1. The van der Waals surface area contributed by atoms with Crippen LogP contribution in [0.2, 0.25) is 0 Å². The molecular weight excluding hydrogens is 376 g/mol. The molecule has 8 heteroatoms. The smallest absolute Gasteiger partial charge is 0.270 e. The maximum absolute atomic E-state index is 13.0. The van der Waals surface area contributed by atoms with Crippen molar-refractivity contribution in [2.24, 2.45) is 5.73 Å². The molecule has 28 heavy (non-hydrogen) atoms. The number of hydrogen-bond donors (Lipinski definition) is 2. The highest BCUT2D eigenvalue weighted by molar-refractivity contribution is 7.80. The molecule has 142 valence electrons. The molecule has 0 aliphatic carbocycles. The lowest BCUT2D eigenvalue weighted by Gasteiger charge is -2.22. The minimum Gasteiger partial charge on any atom is -0.454 e. The van der Waals surface area contributed by atoms with Gasteiger partial charge >= 0.3 is 0 Å². The van der Waals surface area contributed by atoms with Crippen molar-refractivity contribution < 1.29 is 14.3 Å². The fourth-order valence-electron chi connectivity index (χ4n) is 3.04. The average Bonchev–Trinajstić information content (AvgIpc) is 3.18. The summed E-state index contributed by atoms with van der Waals surface area (Å²) in [4.78, 5) is 17.7. The first-order chi connectivity index (χ1) is 13.6. The summed E-state index contributed by atoms with van der Waals surface area (Å²) in [6, 6.07) is 14.8. The van der Waals surface area contributed by atoms with Crippen LogP contribution in [-0.2, 0) is 0 Å². The monoisotopic (exact) mass is 394 g/mol. The number of fused-ring (bicyclic) bond motifs is 2. The van der Waals surface area contributed by atoms with E-state index in [1.54, 1.807) is 6.07 Å². The SMILES string of the molecule is CCN(NC(=O)c1cc(-c2ccc3c(c2)OCO3)nc2ccccc12)C(N)=S. The Morgan fingerprint density at radius 1 is 1.21 bits per heavy atom. The minimum absolute atomic E-state index is 0.102. The quantitative estimate of drug-likeness (QED) is 0.521. The summed E-state index contributed by atoms with van der Waals surface area (Å²) in [7, 11) is 0. The van der Waals surface area contributed by atoms with E-state index in [0.29, 0.717) is 34.8 Å². The number of nitrogens with zero attached hydrogens (tertiary/aromatic N) is 2. The molecule has 1 amide bonds. The van der Waals surface area contributed by atoms with Crippen LogP contribution in [0.15, 0.2) is 48.5 Å². The van der Waals surface area contributed by atoms with Crippen molar-refractivity contribution in [3.05, 3.63) is 54.1 Å². The third-order valence-electron chi connectivity index (χ3n) is 4.45. The van der Waals surface area contributed by atoms with Crippen LogP contribution in [-0.4, -0.2) is 34.4 Å². The summed E-state index contributed by atoms with van der Waals surface area (Å²) >= 11 is 4.98. The number of carbonyl (C=O) groups excluding carboxylic acids is 1. The van der Waals surface area contributed by atoms with Crippen molar-refractivity contribution in [1.82, 2.24) is 15.4 Å². The molecule has 1 aliphatic heterocycles. The Balaban J connectivity index is 1.79. The van der Waals surface area contributed by atoms with Gasteiger partial charge < -0.3 is 15.2 Å². The maximum atomic E-state index is 13.0. The Kier molecular flexibility index (Phi) is 4.70. The molecule has 0 unspecified atom stereocenters. The van der Waals surface area contributed by atoms with Crippen LogP contribution < -0.4 is 20.6 Å². The Bertz CT molecular complexity index is 1090. The number of nitrogens with two attached hydrogens (primary N) is 1. The second kappa shape index (κ2) is 7.32. The Hall–Kier alpha value is -3.39. The van der Waals surface area contributed by atoms with E-state index in [1.807, 2.05) is 49.4 Å². The van der Waals surface area contributed by atoms with Gasteiger partial charge in [0, 0.05) is 17.5 Å². The van der Waals surface area contributed by atoms with E-state index < -0.39 is 0 Å². The number of rotatable bonds is 3. The molecule has 0 fully saturated rings. The minimum atomic E-state index is -0.310. The lowest BCUT2D eigenvalue weighted by molar-refractivity contribution is 0.0876. The number of hydrogen-bond acceptors (Lipinski definition) is 5. The van der Waals surface area contributed by atoms with Crippen LogP contribution in [0.3, 0.4) is 0 Å². The molecule has 7 nitrogen and oxygen atoms in total. The largest absolute Gasteiger partial charge is 0.454 e. The normalized spacial score (nSPS) is 12.0. The lowest BCUT2D eigenvalue weighted by atomic mass is 10.0. The number of thiocarbonyl (C=S) groups is 1. The van der Waals surface area contributed by atoms with Crippen LogP contribution >= 0.6 is 12.2 Å². The summed E-state index contributed by atoms with van der Waals surface area (Å²) in [6.45, 7) is 2.50. The third kappa shape index (κ3) is 3.29. The van der Waals surface area contributed by atoms with Gasteiger partial charge in [0.05, 0.1) is 16.8 Å². The van der Waals surface area contributed by atoms with Crippen molar-refractivity contribution in [2.45, 2.75) is 6.92 Å².